The van der Waals surface area contributed by atoms with Crippen LogP contribution in [0.4, 0.5) is 0 Å². The Bertz CT molecular complexity index is 456. The summed E-state index contributed by atoms with van der Waals surface area (Å²) in [7, 11) is 0. The first kappa shape index (κ1) is 14.0. The average Bonchev–Trinajstić information content (AvgIpc) is 2.42. The number of carbonyl (C=O) groups is 1. The lowest BCUT2D eigenvalue weighted by molar-refractivity contribution is 0.104. The molecule has 0 spiro atoms. The minimum Gasteiger partial charge on any atom is -0.289 e. The van der Waals surface area contributed by atoms with Crippen LogP contribution in [0.15, 0.2) is 42.0 Å². The quantitative estimate of drug-likeness (QED) is 0.556. The largest absolute Gasteiger partial charge is 0.289 e. The third kappa shape index (κ3) is 3.56. The summed E-state index contributed by atoms with van der Waals surface area (Å²) in [5.74, 6) is 2.17. The molecule has 1 aliphatic rings. The molecular weight excluding hydrogens is 232 g/mol. The number of ketones is 1. The Morgan fingerprint density at radius 3 is 2.53 bits per heavy atom. The maximum absolute atomic E-state index is 12.3. The van der Waals surface area contributed by atoms with Crippen molar-refractivity contribution in [3.8, 4) is 0 Å². The van der Waals surface area contributed by atoms with Gasteiger partial charge in [-0.15, -0.1) is 0 Å². The minimum atomic E-state index is 0.159. The standard InChI is InChI=1S/C18H24O/c1-13(2)16-10-9-14(3)17(11-16)12-18(19)15-7-5-4-6-8-15/h4-8,12-14,16H,9-11H2,1-3H3/t14-,16-/m0/s1. The van der Waals surface area contributed by atoms with Crippen molar-refractivity contribution in [2.75, 3.05) is 0 Å². The Kier molecular flexibility index (Phi) is 4.57. The zero-order chi connectivity index (χ0) is 13.8. The third-order valence-corrected chi connectivity index (χ3v) is 4.42. The monoisotopic (exact) mass is 256 g/mol. The second-order valence-electron chi connectivity index (χ2n) is 6.14. The summed E-state index contributed by atoms with van der Waals surface area (Å²) in [5.41, 5.74) is 2.15. The molecule has 102 valence electrons. The fourth-order valence-electron chi connectivity index (χ4n) is 2.88. The van der Waals surface area contributed by atoms with Crippen molar-refractivity contribution in [2.24, 2.45) is 17.8 Å². The van der Waals surface area contributed by atoms with Crippen LogP contribution in [0, 0.1) is 17.8 Å². The molecule has 2 rings (SSSR count). The molecule has 19 heavy (non-hydrogen) atoms. The SMILES string of the molecule is CC(C)[C@H]1CC[C@H](C)C(=CC(=O)c2ccccc2)C1. The summed E-state index contributed by atoms with van der Waals surface area (Å²) < 4.78 is 0. The normalized spacial score (nSPS) is 25.8. The van der Waals surface area contributed by atoms with Gasteiger partial charge in [0.2, 0.25) is 0 Å². The van der Waals surface area contributed by atoms with Gasteiger partial charge >= 0.3 is 0 Å². The summed E-state index contributed by atoms with van der Waals surface area (Å²) in [4.78, 5) is 12.3. The van der Waals surface area contributed by atoms with Crippen molar-refractivity contribution in [1.82, 2.24) is 0 Å². The van der Waals surface area contributed by atoms with Gasteiger partial charge in [0.25, 0.3) is 0 Å². The maximum atomic E-state index is 12.3. The highest BCUT2D eigenvalue weighted by atomic mass is 16.1. The van der Waals surface area contributed by atoms with Gasteiger partial charge < -0.3 is 0 Å². The van der Waals surface area contributed by atoms with E-state index in [2.05, 4.69) is 20.8 Å². The first-order chi connectivity index (χ1) is 9.08. The molecule has 1 aliphatic carbocycles. The Hall–Kier alpha value is -1.37. The summed E-state index contributed by atoms with van der Waals surface area (Å²) >= 11 is 0. The molecule has 1 aromatic carbocycles. The molecule has 0 unspecified atom stereocenters. The summed E-state index contributed by atoms with van der Waals surface area (Å²) in [6.07, 6.45) is 5.51. The molecule has 1 nitrogen and oxygen atoms in total. The summed E-state index contributed by atoms with van der Waals surface area (Å²) in [6, 6.07) is 9.58. The molecule has 1 fully saturated rings. The van der Waals surface area contributed by atoms with Crippen molar-refractivity contribution in [2.45, 2.75) is 40.0 Å². The Morgan fingerprint density at radius 1 is 1.21 bits per heavy atom. The molecule has 1 heteroatoms. The number of carbonyl (C=O) groups excluding carboxylic acids is 1. The lowest BCUT2D eigenvalue weighted by Gasteiger charge is -2.31. The molecule has 0 bridgehead atoms. The zero-order valence-electron chi connectivity index (χ0n) is 12.2. The fraction of sp³-hybridized carbons (Fsp3) is 0.500. The maximum Gasteiger partial charge on any atom is 0.185 e. The number of allylic oxidation sites excluding steroid dienone is 2. The van der Waals surface area contributed by atoms with Gasteiger partial charge in [-0.05, 0) is 43.1 Å². The lowest BCUT2D eigenvalue weighted by atomic mass is 9.74. The highest BCUT2D eigenvalue weighted by Crippen LogP contribution is 2.36. The van der Waals surface area contributed by atoms with E-state index in [4.69, 9.17) is 0 Å². The second-order valence-corrected chi connectivity index (χ2v) is 6.14. The summed E-state index contributed by atoms with van der Waals surface area (Å²) in [6.45, 7) is 6.83. The van der Waals surface area contributed by atoms with Gasteiger partial charge in [0, 0.05) is 5.56 Å². The number of rotatable bonds is 3. The molecule has 1 aromatic rings. The van der Waals surface area contributed by atoms with Crippen LogP contribution in [0.3, 0.4) is 0 Å². The Morgan fingerprint density at radius 2 is 1.89 bits per heavy atom. The van der Waals surface area contributed by atoms with Gasteiger partial charge in [-0.2, -0.15) is 0 Å². The van der Waals surface area contributed by atoms with Crippen LogP contribution < -0.4 is 0 Å². The van der Waals surface area contributed by atoms with E-state index in [9.17, 15) is 4.79 Å². The first-order valence-corrected chi connectivity index (χ1v) is 7.37. The molecule has 0 N–H and O–H groups in total. The van der Waals surface area contributed by atoms with E-state index in [1.165, 1.54) is 18.4 Å². The predicted molar refractivity (Wildman–Crippen MR) is 80.2 cm³/mol. The number of benzene rings is 1. The highest BCUT2D eigenvalue weighted by Gasteiger charge is 2.25. The van der Waals surface area contributed by atoms with Crippen LogP contribution in [0.5, 0.6) is 0 Å². The van der Waals surface area contributed by atoms with Gasteiger partial charge in [0.05, 0.1) is 0 Å². The van der Waals surface area contributed by atoms with E-state index in [0.29, 0.717) is 11.8 Å². The van der Waals surface area contributed by atoms with Gasteiger partial charge in [-0.3, -0.25) is 4.79 Å². The Balaban J connectivity index is 2.14. The van der Waals surface area contributed by atoms with Crippen LogP contribution in [0.2, 0.25) is 0 Å². The molecule has 0 radical (unpaired) electrons. The van der Waals surface area contributed by atoms with E-state index < -0.39 is 0 Å². The van der Waals surface area contributed by atoms with Crippen molar-refractivity contribution in [1.29, 1.82) is 0 Å². The van der Waals surface area contributed by atoms with E-state index >= 15 is 0 Å². The fourth-order valence-corrected chi connectivity index (χ4v) is 2.88. The highest BCUT2D eigenvalue weighted by molar-refractivity contribution is 6.04. The number of hydrogen-bond donors (Lipinski definition) is 0. The van der Waals surface area contributed by atoms with Crippen LogP contribution in [0.1, 0.15) is 50.4 Å². The van der Waals surface area contributed by atoms with E-state index in [0.717, 1.165) is 17.9 Å². The zero-order valence-corrected chi connectivity index (χ0v) is 12.2. The Labute approximate surface area is 116 Å². The van der Waals surface area contributed by atoms with E-state index in [1.54, 1.807) is 0 Å². The van der Waals surface area contributed by atoms with Crippen molar-refractivity contribution < 1.29 is 4.79 Å². The van der Waals surface area contributed by atoms with Crippen molar-refractivity contribution in [3.05, 3.63) is 47.5 Å². The smallest absolute Gasteiger partial charge is 0.185 e. The first-order valence-electron chi connectivity index (χ1n) is 7.37. The molecule has 0 amide bonds. The molecule has 1 saturated carbocycles. The number of hydrogen-bond acceptors (Lipinski definition) is 1. The van der Waals surface area contributed by atoms with Crippen LogP contribution in [-0.4, -0.2) is 5.78 Å². The summed E-state index contributed by atoms with van der Waals surface area (Å²) in [5, 5.41) is 0. The molecule has 2 atom stereocenters. The predicted octanol–water partition coefficient (Wildman–Crippen LogP) is 4.89. The van der Waals surface area contributed by atoms with Crippen LogP contribution >= 0.6 is 0 Å². The molecule has 0 saturated heterocycles. The van der Waals surface area contributed by atoms with Gasteiger partial charge in [-0.1, -0.05) is 56.7 Å². The van der Waals surface area contributed by atoms with Crippen LogP contribution in [0.25, 0.3) is 0 Å². The van der Waals surface area contributed by atoms with E-state index in [1.807, 2.05) is 36.4 Å². The molecule has 0 aliphatic heterocycles. The van der Waals surface area contributed by atoms with Crippen LogP contribution in [-0.2, 0) is 0 Å². The van der Waals surface area contributed by atoms with E-state index in [-0.39, 0.29) is 5.78 Å². The topological polar surface area (TPSA) is 17.1 Å². The lowest BCUT2D eigenvalue weighted by Crippen LogP contribution is -2.20. The molecule has 0 aromatic heterocycles. The molecular formula is C18H24O. The molecule has 0 heterocycles. The van der Waals surface area contributed by atoms with Crippen molar-refractivity contribution in [3.63, 3.8) is 0 Å². The third-order valence-electron chi connectivity index (χ3n) is 4.42. The van der Waals surface area contributed by atoms with Gasteiger partial charge in [0.1, 0.15) is 0 Å². The minimum absolute atomic E-state index is 0.159. The van der Waals surface area contributed by atoms with Gasteiger partial charge in [0.15, 0.2) is 5.78 Å². The van der Waals surface area contributed by atoms with Crippen molar-refractivity contribution >= 4 is 5.78 Å². The van der Waals surface area contributed by atoms with Gasteiger partial charge in [-0.25, -0.2) is 0 Å². The average molecular weight is 256 g/mol. The second kappa shape index (κ2) is 6.18.